The summed E-state index contributed by atoms with van der Waals surface area (Å²) in [6, 6.07) is 23.4. The van der Waals surface area contributed by atoms with E-state index in [-0.39, 0.29) is 11.3 Å². The Morgan fingerprint density at radius 2 is 1.61 bits per heavy atom. The van der Waals surface area contributed by atoms with Crippen molar-refractivity contribution < 1.29 is 14.5 Å². The number of nitrogens with one attached hydrogen (secondary N) is 2. The first-order valence-corrected chi connectivity index (χ1v) is 11.2. The molecule has 3 aromatic carbocycles. The van der Waals surface area contributed by atoms with E-state index in [0.717, 1.165) is 11.1 Å². The summed E-state index contributed by atoms with van der Waals surface area (Å²) in [7, 11) is 0. The zero-order valence-electron chi connectivity index (χ0n) is 17.6. The number of nitro groups is 1. The van der Waals surface area contributed by atoms with Crippen LogP contribution in [0.2, 0.25) is 0 Å². The van der Waals surface area contributed by atoms with Gasteiger partial charge in [-0.25, -0.2) is 5.43 Å². The van der Waals surface area contributed by atoms with E-state index < -0.39 is 22.8 Å². The maximum Gasteiger partial charge on any atom is 0.269 e. The molecule has 9 heteroatoms. The lowest BCUT2D eigenvalue weighted by atomic mass is 10.2. The highest BCUT2D eigenvalue weighted by molar-refractivity contribution is 7.98. The van der Waals surface area contributed by atoms with E-state index in [1.165, 1.54) is 42.2 Å². The van der Waals surface area contributed by atoms with Gasteiger partial charge in [-0.05, 0) is 23.3 Å². The first-order chi connectivity index (χ1) is 16.0. The van der Waals surface area contributed by atoms with Crippen LogP contribution in [0.5, 0.6) is 0 Å². The Morgan fingerprint density at radius 1 is 0.970 bits per heavy atom. The second-order valence-electron chi connectivity index (χ2n) is 6.98. The van der Waals surface area contributed by atoms with Crippen molar-refractivity contribution in [3.8, 4) is 0 Å². The van der Waals surface area contributed by atoms with Crippen molar-refractivity contribution in [2.75, 3.05) is 5.75 Å². The molecule has 0 aliphatic carbocycles. The minimum atomic E-state index is -0.852. The number of carbonyl (C=O) groups is 2. The highest BCUT2D eigenvalue weighted by Crippen LogP contribution is 2.15. The maximum absolute atomic E-state index is 12.7. The molecule has 1 unspecified atom stereocenters. The fraction of sp³-hybridized carbons (Fsp3) is 0.125. The quantitative estimate of drug-likeness (QED) is 0.270. The van der Waals surface area contributed by atoms with Gasteiger partial charge in [-0.15, -0.1) is 0 Å². The predicted octanol–water partition coefficient (Wildman–Crippen LogP) is 3.78. The van der Waals surface area contributed by atoms with E-state index in [9.17, 15) is 19.7 Å². The summed E-state index contributed by atoms with van der Waals surface area (Å²) < 4.78 is 0. The van der Waals surface area contributed by atoms with Crippen LogP contribution in [0.15, 0.2) is 90.0 Å². The minimum Gasteiger partial charge on any atom is -0.339 e. The Labute approximate surface area is 195 Å². The second-order valence-corrected chi connectivity index (χ2v) is 8.01. The van der Waals surface area contributed by atoms with Crippen molar-refractivity contribution in [2.24, 2.45) is 5.10 Å². The summed E-state index contributed by atoms with van der Waals surface area (Å²) in [5, 5.41) is 17.5. The van der Waals surface area contributed by atoms with Crippen LogP contribution in [0.25, 0.3) is 0 Å². The summed E-state index contributed by atoms with van der Waals surface area (Å²) in [5.41, 5.74) is 4.50. The number of thioether (sulfide) groups is 1. The van der Waals surface area contributed by atoms with Gasteiger partial charge in [0.2, 0.25) is 0 Å². The summed E-state index contributed by atoms with van der Waals surface area (Å²) >= 11 is 1.50. The molecule has 0 radical (unpaired) electrons. The van der Waals surface area contributed by atoms with Gasteiger partial charge in [0.25, 0.3) is 17.5 Å². The van der Waals surface area contributed by atoms with E-state index in [2.05, 4.69) is 15.8 Å². The molecule has 168 valence electrons. The first-order valence-electron chi connectivity index (χ1n) is 10.1. The summed E-state index contributed by atoms with van der Waals surface area (Å²) in [5.74, 6) is 0.0291. The van der Waals surface area contributed by atoms with Gasteiger partial charge in [-0.2, -0.15) is 16.9 Å². The molecule has 0 saturated carbocycles. The minimum absolute atomic E-state index is 0.116. The third-order valence-corrected chi connectivity index (χ3v) is 5.65. The number of non-ortho nitro benzene ring substituents is 1. The zero-order chi connectivity index (χ0) is 23.5. The lowest BCUT2D eigenvalue weighted by molar-refractivity contribution is -0.384. The molecule has 2 amide bonds. The fourth-order valence-electron chi connectivity index (χ4n) is 2.82. The normalized spacial score (nSPS) is 11.6. The monoisotopic (exact) mass is 462 g/mol. The van der Waals surface area contributed by atoms with Crippen LogP contribution in [0, 0.1) is 10.1 Å². The number of hydrazone groups is 1. The van der Waals surface area contributed by atoms with Gasteiger partial charge >= 0.3 is 0 Å². The van der Waals surface area contributed by atoms with Crippen LogP contribution >= 0.6 is 11.8 Å². The van der Waals surface area contributed by atoms with E-state index >= 15 is 0 Å². The fourth-order valence-corrected chi connectivity index (χ4v) is 3.83. The SMILES string of the molecule is O=C(NC(CSCc1ccccc1)C(=O)NN=Cc1ccccc1)c1ccc([N+](=O)[O-])cc1. The Hall–Kier alpha value is -3.98. The molecule has 0 heterocycles. The van der Waals surface area contributed by atoms with Gasteiger partial charge in [0, 0.05) is 29.2 Å². The average Bonchev–Trinajstić information content (AvgIpc) is 2.84. The second kappa shape index (κ2) is 12.2. The molecule has 2 N–H and O–H groups in total. The zero-order valence-corrected chi connectivity index (χ0v) is 18.4. The third-order valence-electron chi connectivity index (χ3n) is 4.55. The molecular weight excluding hydrogens is 440 g/mol. The van der Waals surface area contributed by atoms with Crippen LogP contribution in [0.4, 0.5) is 5.69 Å². The summed E-state index contributed by atoms with van der Waals surface area (Å²) in [4.78, 5) is 35.7. The van der Waals surface area contributed by atoms with Gasteiger partial charge in [-0.1, -0.05) is 60.7 Å². The maximum atomic E-state index is 12.7. The van der Waals surface area contributed by atoms with Crippen molar-refractivity contribution in [3.05, 3.63) is 112 Å². The molecule has 3 aromatic rings. The molecule has 3 rings (SSSR count). The molecule has 0 aromatic heterocycles. The number of carbonyl (C=O) groups excluding carboxylic acids is 2. The molecule has 8 nitrogen and oxygen atoms in total. The van der Waals surface area contributed by atoms with Crippen molar-refractivity contribution in [1.29, 1.82) is 0 Å². The molecule has 1 atom stereocenters. The topological polar surface area (TPSA) is 114 Å². The van der Waals surface area contributed by atoms with Gasteiger partial charge in [0.05, 0.1) is 11.1 Å². The highest BCUT2D eigenvalue weighted by atomic mass is 32.2. The number of hydrogen-bond donors (Lipinski definition) is 2. The Bertz CT molecular complexity index is 1110. The average molecular weight is 463 g/mol. The van der Waals surface area contributed by atoms with Gasteiger partial charge in [-0.3, -0.25) is 19.7 Å². The Morgan fingerprint density at radius 3 is 2.24 bits per heavy atom. The standard InChI is InChI=1S/C24H22N4O4S/c29-23(20-11-13-21(14-12-20)28(31)32)26-22(17-33-16-19-9-5-2-6-10-19)24(30)27-25-15-18-7-3-1-4-8-18/h1-15,22H,16-17H2,(H,26,29)(H,27,30). The lowest BCUT2D eigenvalue weighted by Crippen LogP contribution is -2.47. The number of nitro benzene ring substituents is 1. The molecular formula is C24H22N4O4S. The van der Waals surface area contributed by atoms with Crippen LogP contribution in [0.1, 0.15) is 21.5 Å². The van der Waals surface area contributed by atoms with Crippen molar-refractivity contribution in [1.82, 2.24) is 10.7 Å². The number of rotatable bonds is 10. The summed E-state index contributed by atoms with van der Waals surface area (Å²) in [6.45, 7) is 0. The molecule has 0 saturated heterocycles. The van der Waals surface area contributed by atoms with E-state index in [1.807, 2.05) is 60.7 Å². The van der Waals surface area contributed by atoms with Gasteiger partial charge in [0.15, 0.2) is 0 Å². The van der Waals surface area contributed by atoms with Crippen molar-refractivity contribution in [2.45, 2.75) is 11.8 Å². The summed E-state index contributed by atoms with van der Waals surface area (Å²) in [6.07, 6.45) is 1.52. The van der Waals surface area contributed by atoms with Gasteiger partial charge in [0.1, 0.15) is 6.04 Å². The number of hydrogen-bond acceptors (Lipinski definition) is 6. The molecule has 33 heavy (non-hydrogen) atoms. The predicted molar refractivity (Wildman–Crippen MR) is 129 cm³/mol. The molecule has 0 aliphatic heterocycles. The van der Waals surface area contributed by atoms with Crippen molar-refractivity contribution >= 4 is 35.5 Å². The van der Waals surface area contributed by atoms with Crippen LogP contribution in [0.3, 0.4) is 0 Å². The molecule has 0 bridgehead atoms. The van der Waals surface area contributed by atoms with Crippen LogP contribution < -0.4 is 10.7 Å². The molecule has 0 aliphatic rings. The van der Waals surface area contributed by atoms with Gasteiger partial charge < -0.3 is 5.32 Å². The lowest BCUT2D eigenvalue weighted by Gasteiger charge is -2.17. The van der Waals surface area contributed by atoms with Crippen LogP contribution in [-0.4, -0.2) is 34.7 Å². The number of benzene rings is 3. The van der Waals surface area contributed by atoms with E-state index in [1.54, 1.807) is 0 Å². The number of amides is 2. The largest absolute Gasteiger partial charge is 0.339 e. The van der Waals surface area contributed by atoms with E-state index in [4.69, 9.17) is 0 Å². The Kier molecular flexibility index (Phi) is 8.72. The van der Waals surface area contributed by atoms with Crippen LogP contribution in [-0.2, 0) is 10.5 Å². The first kappa shape index (κ1) is 23.7. The third kappa shape index (κ3) is 7.58. The van der Waals surface area contributed by atoms with E-state index in [0.29, 0.717) is 11.5 Å². The van der Waals surface area contributed by atoms with Crippen molar-refractivity contribution in [3.63, 3.8) is 0 Å². The Balaban J connectivity index is 1.65. The molecule has 0 fully saturated rings. The molecule has 0 spiro atoms. The number of nitrogens with zero attached hydrogens (tertiary/aromatic N) is 2. The highest BCUT2D eigenvalue weighted by Gasteiger charge is 2.22. The smallest absolute Gasteiger partial charge is 0.269 e.